The second-order valence-corrected chi connectivity index (χ2v) is 8.05. The van der Waals surface area contributed by atoms with Gasteiger partial charge in [0.15, 0.2) is 0 Å². The lowest BCUT2D eigenvalue weighted by Gasteiger charge is -2.16. The van der Waals surface area contributed by atoms with Crippen molar-refractivity contribution in [2.24, 2.45) is 0 Å². The van der Waals surface area contributed by atoms with E-state index in [0.717, 1.165) is 33.4 Å². The highest BCUT2D eigenvalue weighted by molar-refractivity contribution is 6.03. The highest BCUT2D eigenvalue weighted by atomic mass is 16.4. The summed E-state index contributed by atoms with van der Waals surface area (Å²) in [5.74, 6) is -0.936. The molecule has 4 heteroatoms. The summed E-state index contributed by atoms with van der Waals surface area (Å²) in [6.45, 7) is 0. The maximum absolute atomic E-state index is 12.0. The zero-order chi connectivity index (χ0) is 22.4. The fourth-order valence-corrected chi connectivity index (χ4v) is 4.61. The Hall–Kier alpha value is -4.57. The molecule has 6 aromatic rings. The van der Waals surface area contributed by atoms with Gasteiger partial charge in [-0.25, -0.2) is 4.79 Å². The minimum absolute atomic E-state index is 0.285. The Labute approximate surface area is 190 Å². The van der Waals surface area contributed by atoms with Crippen LogP contribution in [0.15, 0.2) is 116 Å². The van der Waals surface area contributed by atoms with E-state index in [2.05, 4.69) is 59.3 Å². The third-order valence-electron chi connectivity index (χ3n) is 6.14. The van der Waals surface area contributed by atoms with Crippen LogP contribution in [0.25, 0.3) is 44.3 Å². The van der Waals surface area contributed by atoms with Gasteiger partial charge in [-0.05, 0) is 47.3 Å². The predicted molar refractivity (Wildman–Crippen MR) is 133 cm³/mol. The van der Waals surface area contributed by atoms with Crippen molar-refractivity contribution in [3.63, 3.8) is 0 Å². The van der Waals surface area contributed by atoms with E-state index in [9.17, 15) is 9.90 Å². The van der Waals surface area contributed by atoms with E-state index in [1.807, 2.05) is 53.2 Å². The second-order valence-electron chi connectivity index (χ2n) is 8.05. The first-order chi connectivity index (χ1) is 16.2. The molecule has 33 heavy (non-hydrogen) atoms. The van der Waals surface area contributed by atoms with E-state index in [4.69, 9.17) is 0 Å². The first-order valence-electron chi connectivity index (χ1n) is 10.8. The van der Waals surface area contributed by atoms with Crippen LogP contribution in [0, 0.1) is 0 Å². The largest absolute Gasteiger partial charge is 0.478 e. The highest BCUT2D eigenvalue weighted by Crippen LogP contribution is 2.34. The van der Waals surface area contributed by atoms with Crippen molar-refractivity contribution in [2.45, 2.75) is 0 Å². The molecule has 0 bridgehead atoms. The fraction of sp³-hybridized carbons (Fsp3) is 0. The molecule has 0 saturated carbocycles. The van der Waals surface area contributed by atoms with Crippen molar-refractivity contribution in [1.29, 1.82) is 0 Å². The first kappa shape index (κ1) is 19.1. The SMILES string of the molecule is O=C(O)c1cccc2ccn(-c3cc(-n4ccc5ccccc54)ccc3-c3ccccc3)c12. The number of benzene rings is 4. The number of aromatic nitrogens is 2. The summed E-state index contributed by atoms with van der Waals surface area (Å²) in [5, 5.41) is 11.9. The molecule has 0 radical (unpaired) electrons. The maximum atomic E-state index is 12.0. The molecule has 0 atom stereocenters. The normalized spacial score (nSPS) is 11.3. The van der Waals surface area contributed by atoms with Crippen LogP contribution in [0.5, 0.6) is 0 Å². The van der Waals surface area contributed by atoms with Crippen LogP contribution in [0.2, 0.25) is 0 Å². The number of para-hydroxylation sites is 2. The third-order valence-corrected chi connectivity index (χ3v) is 6.14. The standard InChI is InChI=1S/C29H20N2O2/c32-29(33)25-11-6-10-22-16-18-31(28(22)25)27-19-23(13-14-24(27)20-7-2-1-3-8-20)30-17-15-21-9-4-5-12-26(21)30/h1-19H,(H,32,33). The number of carbonyl (C=O) groups is 1. The van der Waals surface area contributed by atoms with Gasteiger partial charge in [-0.3, -0.25) is 0 Å². The van der Waals surface area contributed by atoms with Gasteiger partial charge < -0.3 is 14.2 Å². The molecule has 2 aromatic heterocycles. The van der Waals surface area contributed by atoms with Gasteiger partial charge in [0, 0.05) is 29.0 Å². The molecule has 0 saturated heterocycles. The fourth-order valence-electron chi connectivity index (χ4n) is 4.61. The quantitative estimate of drug-likeness (QED) is 0.331. The number of carboxylic acids is 1. The Morgan fingerprint density at radius 1 is 0.667 bits per heavy atom. The van der Waals surface area contributed by atoms with Crippen LogP contribution < -0.4 is 0 Å². The highest BCUT2D eigenvalue weighted by Gasteiger charge is 2.17. The molecule has 2 heterocycles. The van der Waals surface area contributed by atoms with Crippen molar-refractivity contribution in [3.05, 3.63) is 121 Å². The molecule has 0 spiro atoms. The van der Waals surface area contributed by atoms with Crippen LogP contribution in [-0.4, -0.2) is 20.2 Å². The monoisotopic (exact) mass is 428 g/mol. The average molecular weight is 428 g/mol. The van der Waals surface area contributed by atoms with Crippen molar-refractivity contribution < 1.29 is 9.90 Å². The summed E-state index contributed by atoms with van der Waals surface area (Å²) >= 11 is 0. The lowest BCUT2D eigenvalue weighted by molar-refractivity contribution is 0.0698. The van der Waals surface area contributed by atoms with Gasteiger partial charge in [0.25, 0.3) is 0 Å². The smallest absolute Gasteiger partial charge is 0.337 e. The molecule has 6 rings (SSSR count). The lowest BCUT2D eigenvalue weighted by atomic mass is 10.0. The second kappa shape index (κ2) is 7.53. The summed E-state index contributed by atoms with van der Waals surface area (Å²) in [6.07, 6.45) is 4.03. The number of fused-ring (bicyclic) bond motifs is 2. The van der Waals surface area contributed by atoms with Gasteiger partial charge in [-0.15, -0.1) is 0 Å². The van der Waals surface area contributed by atoms with Crippen LogP contribution >= 0.6 is 0 Å². The van der Waals surface area contributed by atoms with E-state index in [1.54, 1.807) is 12.1 Å². The number of nitrogens with zero attached hydrogens (tertiary/aromatic N) is 2. The number of hydrogen-bond donors (Lipinski definition) is 1. The summed E-state index contributed by atoms with van der Waals surface area (Å²) < 4.78 is 4.16. The molecule has 0 amide bonds. The van der Waals surface area contributed by atoms with Crippen molar-refractivity contribution in [3.8, 4) is 22.5 Å². The van der Waals surface area contributed by atoms with Crippen LogP contribution in [-0.2, 0) is 0 Å². The molecule has 1 N–H and O–H groups in total. The molecule has 0 aliphatic heterocycles. The molecular weight excluding hydrogens is 408 g/mol. The molecule has 4 aromatic carbocycles. The van der Waals surface area contributed by atoms with E-state index >= 15 is 0 Å². The summed E-state index contributed by atoms with van der Waals surface area (Å²) in [5.41, 5.74) is 6.16. The maximum Gasteiger partial charge on any atom is 0.337 e. The number of carboxylic acid groups (broad SMARTS) is 1. The lowest BCUT2D eigenvalue weighted by Crippen LogP contribution is -2.04. The summed E-state index contributed by atoms with van der Waals surface area (Å²) in [6, 6.07) is 34.3. The van der Waals surface area contributed by atoms with Crippen LogP contribution in [0.3, 0.4) is 0 Å². The molecule has 0 aliphatic carbocycles. The van der Waals surface area contributed by atoms with Crippen molar-refractivity contribution in [2.75, 3.05) is 0 Å². The number of aromatic carboxylic acids is 1. The topological polar surface area (TPSA) is 47.2 Å². The Morgan fingerprint density at radius 2 is 1.39 bits per heavy atom. The van der Waals surface area contributed by atoms with Crippen LogP contribution in [0.4, 0.5) is 0 Å². The minimum atomic E-state index is -0.936. The zero-order valence-electron chi connectivity index (χ0n) is 17.7. The minimum Gasteiger partial charge on any atom is -0.478 e. The van der Waals surface area contributed by atoms with E-state index in [0.29, 0.717) is 5.52 Å². The third kappa shape index (κ3) is 3.12. The molecular formula is C29H20N2O2. The Balaban J connectivity index is 1.66. The van der Waals surface area contributed by atoms with Crippen molar-refractivity contribution >= 4 is 27.8 Å². The number of rotatable bonds is 4. The Kier molecular flexibility index (Phi) is 4.37. The van der Waals surface area contributed by atoms with Gasteiger partial charge >= 0.3 is 5.97 Å². The molecule has 0 unspecified atom stereocenters. The Morgan fingerprint density at radius 3 is 2.24 bits per heavy atom. The van der Waals surface area contributed by atoms with Gasteiger partial charge in [-0.1, -0.05) is 66.7 Å². The summed E-state index contributed by atoms with van der Waals surface area (Å²) in [7, 11) is 0. The van der Waals surface area contributed by atoms with Crippen LogP contribution in [0.1, 0.15) is 10.4 Å². The predicted octanol–water partition coefficient (Wildman–Crippen LogP) is 6.94. The van der Waals surface area contributed by atoms with Gasteiger partial charge in [0.05, 0.1) is 22.3 Å². The van der Waals surface area contributed by atoms with Gasteiger partial charge in [-0.2, -0.15) is 0 Å². The van der Waals surface area contributed by atoms with Gasteiger partial charge in [0.1, 0.15) is 0 Å². The van der Waals surface area contributed by atoms with E-state index in [1.165, 1.54) is 5.39 Å². The van der Waals surface area contributed by atoms with E-state index < -0.39 is 5.97 Å². The van der Waals surface area contributed by atoms with Crippen molar-refractivity contribution in [1.82, 2.24) is 9.13 Å². The zero-order valence-corrected chi connectivity index (χ0v) is 17.7. The number of hydrogen-bond acceptors (Lipinski definition) is 1. The molecule has 4 nitrogen and oxygen atoms in total. The Bertz CT molecular complexity index is 1640. The van der Waals surface area contributed by atoms with Gasteiger partial charge in [0.2, 0.25) is 0 Å². The first-order valence-corrected chi connectivity index (χ1v) is 10.8. The molecule has 158 valence electrons. The average Bonchev–Trinajstić information content (AvgIpc) is 3.49. The summed E-state index contributed by atoms with van der Waals surface area (Å²) in [4.78, 5) is 12.0. The molecule has 0 aliphatic rings. The molecule has 0 fully saturated rings. The van der Waals surface area contributed by atoms with E-state index in [-0.39, 0.29) is 5.56 Å².